The number of hydrogen-bond acceptors (Lipinski definition) is 3. The zero-order valence-corrected chi connectivity index (χ0v) is 8.73. The van der Waals surface area contributed by atoms with E-state index in [0.717, 1.165) is 25.4 Å². The molecule has 1 aliphatic rings. The summed E-state index contributed by atoms with van der Waals surface area (Å²) in [4.78, 5) is 4.26. The van der Waals surface area contributed by atoms with E-state index in [2.05, 4.69) is 17.2 Å². The van der Waals surface area contributed by atoms with Crippen LogP contribution >= 0.6 is 0 Å². The Labute approximate surface area is 84.3 Å². The van der Waals surface area contributed by atoms with Gasteiger partial charge in [-0.3, -0.25) is 0 Å². The van der Waals surface area contributed by atoms with Crippen molar-refractivity contribution in [2.45, 2.75) is 32.0 Å². The first-order valence-electron chi connectivity index (χ1n) is 5.08. The third kappa shape index (κ3) is 1.96. The van der Waals surface area contributed by atoms with Gasteiger partial charge in [-0.25, -0.2) is 4.98 Å². The van der Waals surface area contributed by atoms with Crippen LogP contribution in [-0.4, -0.2) is 28.3 Å². The molecular formula is C10H17N3O. The normalized spacial score (nSPS) is 27.0. The Balaban J connectivity index is 1.85. The smallest absolute Gasteiger partial charge is 0.122 e. The molecule has 0 aliphatic carbocycles. The minimum Gasteiger partial charge on any atom is -0.377 e. The van der Waals surface area contributed by atoms with Crippen LogP contribution in [0.15, 0.2) is 12.4 Å². The molecule has 1 aliphatic heterocycles. The zero-order valence-electron chi connectivity index (χ0n) is 8.73. The Morgan fingerprint density at radius 2 is 2.57 bits per heavy atom. The van der Waals surface area contributed by atoms with Crippen molar-refractivity contribution in [2.24, 2.45) is 7.05 Å². The summed E-state index contributed by atoms with van der Waals surface area (Å²) >= 11 is 0. The maximum Gasteiger partial charge on any atom is 0.122 e. The summed E-state index contributed by atoms with van der Waals surface area (Å²) in [5, 5.41) is 3.47. The van der Waals surface area contributed by atoms with Crippen LogP contribution < -0.4 is 5.32 Å². The molecule has 0 bridgehead atoms. The molecule has 1 aromatic rings. The molecule has 4 nitrogen and oxygen atoms in total. The van der Waals surface area contributed by atoms with Gasteiger partial charge in [-0.15, -0.1) is 0 Å². The van der Waals surface area contributed by atoms with E-state index < -0.39 is 0 Å². The van der Waals surface area contributed by atoms with Crippen LogP contribution in [-0.2, 0) is 18.3 Å². The van der Waals surface area contributed by atoms with Gasteiger partial charge in [-0.05, 0) is 13.3 Å². The van der Waals surface area contributed by atoms with Crippen molar-refractivity contribution in [3.63, 3.8) is 0 Å². The Morgan fingerprint density at radius 1 is 1.71 bits per heavy atom. The van der Waals surface area contributed by atoms with Gasteiger partial charge in [0.05, 0.1) is 12.6 Å². The van der Waals surface area contributed by atoms with E-state index in [1.165, 1.54) is 0 Å². The molecule has 1 saturated heterocycles. The van der Waals surface area contributed by atoms with E-state index in [1.54, 1.807) is 0 Å². The quantitative estimate of drug-likeness (QED) is 0.771. The van der Waals surface area contributed by atoms with Crippen molar-refractivity contribution < 1.29 is 4.74 Å². The highest BCUT2D eigenvalue weighted by atomic mass is 16.5. The van der Waals surface area contributed by atoms with Crippen LogP contribution in [0.4, 0.5) is 0 Å². The second kappa shape index (κ2) is 4.11. The highest BCUT2D eigenvalue weighted by Crippen LogP contribution is 2.12. The Hall–Kier alpha value is -0.870. The largest absolute Gasteiger partial charge is 0.377 e. The highest BCUT2D eigenvalue weighted by Gasteiger charge is 2.23. The van der Waals surface area contributed by atoms with Crippen molar-refractivity contribution in [1.82, 2.24) is 14.9 Å². The maximum atomic E-state index is 5.48. The summed E-state index contributed by atoms with van der Waals surface area (Å²) < 4.78 is 7.51. The molecule has 0 amide bonds. The molecule has 0 aromatic carbocycles. The fourth-order valence-electron chi connectivity index (χ4n) is 1.79. The zero-order chi connectivity index (χ0) is 9.97. The molecule has 0 saturated carbocycles. The SMILES string of the molecule is CC1OCCC1NCc1nccn1C. The number of nitrogens with zero attached hydrogens (tertiary/aromatic N) is 2. The first-order valence-corrected chi connectivity index (χ1v) is 5.08. The van der Waals surface area contributed by atoms with Crippen LogP contribution in [0.3, 0.4) is 0 Å². The third-order valence-corrected chi connectivity index (χ3v) is 2.82. The Morgan fingerprint density at radius 3 is 3.14 bits per heavy atom. The lowest BCUT2D eigenvalue weighted by Crippen LogP contribution is -2.34. The lowest BCUT2D eigenvalue weighted by molar-refractivity contribution is 0.113. The van der Waals surface area contributed by atoms with Gasteiger partial charge in [0.25, 0.3) is 0 Å². The van der Waals surface area contributed by atoms with Gasteiger partial charge in [0, 0.05) is 32.1 Å². The van der Waals surface area contributed by atoms with Gasteiger partial charge in [0.2, 0.25) is 0 Å². The molecule has 2 heterocycles. The lowest BCUT2D eigenvalue weighted by atomic mass is 10.1. The average Bonchev–Trinajstić information content (AvgIpc) is 2.72. The molecule has 14 heavy (non-hydrogen) atoms. The van der Waals surface area contributed by atoms with Crippen molar-refractivity contribution in [2.75, 3.05) is 6.61 Å². The fourth-order valence-corrected chi connectivity index (χ4v) is 1.79. The van der Waals surface area contributed by atoms with Crippen molar-refractivity contribution in [3.8, 4) is 0 Å². The van der Waals surface area contributed by atoms with E-state index in [9.17, 15) is 0 Å². The molecule has 1 N–H and O–H groups in total. The van der Waals surface area contributed by atoms with Gasteiger partial charge >= 0.3 is 0 Å². The molecule has 1 aromatic heterocycles. The molecule has 2 atom stereocenters. The number of ether oxygens (including phenoxy) is 1. The van der Waals surface area contributed by atoms with E-state index in [-0.39, 0.29) is 0 Å². The molecular weight excluding hydrogens is 178 g/mol. The second-order valence-electron chi connectivity index (χ2n) is 3.81. The van der Waals surface area contributed by atoms with Crippen LogP contribution in [0.2, 0.25) is 0 Å². The van der Waals surface area contributed by atoms with E-state index in [1.807, 2.05) is 24.0 Å². The van der Waals surface area contributed by atoms with Crippen LogP contribution in [0.1, 0.15) is 19.2 Å². The number of rotatable bonds is 3. The number of aryl methyl sites for hydroxylation is 1. The van der Waals surface area contributed by atoms with Crippen molar-refractivity contribution in [3.05, 3.63) is 18.2 Å². The summed E-state index contributed by atoms with van der Waals surface area (Å²) in [7, 11) is 2.01. The lowest BCUT2D eigenvalue weighted by Gasteiger charge is -2.15. The first-order chi connectivity index (χ1) is 6.77. The molecule has 2 unspecified atom stereocenters. The summed E-state index contributed by atoms with van der Waals surface area (Å²) in [6, 6.07) is 0.478. The van der Waals surface area contributed by atoms with E-state index in [0.29, 0.717) is 12.1 Å². The third-order valence-electron chi connectivity index (χ3n) is 2.82. The van der Waals surface area contributed by atoms with Gasteiger partial charge < -0.3 is 14.6 Å². The molecule has 1 fully saturated rings. The summed E-state index contributed by atoms with van der Waals surface area (Å²) in [6.07, 6.45) is 5.22. The summed E-state index contributed by atoms with van der Waals surface area (Å²) in [6.45, 7) is 3.81. The van der Waals surface area contributed by atoms with E-state index >= 15 is 0 Å². The Bertz CT molecular complexity index is 297. The molecule has 4 heteroatoms. The fraction of sp³-hybridized carbons (Fsp3) is 0.700. The van der Waals surface area contributed by atoms with Gasteiger partial charge in [-0.1, -0.05) is 0 Å². The number of hydrogen-bond donors (Lipinski definition) is 1. The summed E-state index contributed by atoms with van der Waals surface area (Å²) in [5.74, 6) is 1.07. The monoisotopic (exact) mass is 195 g/mol. The number of nitrogens with one attached hydrogen (secondary N) is 1. The average molecular weight is 195 g/mol. The highest BCUT2D eigenvalue weighted by molar-refractivity contribution is 4.92. The van der Waals surface area contributed by atoms with Crippen molar-refractivity contribution >= 4 is 0 Å². The minimum atomic E-state index is 0.329. The van der Waals surface area contributed by atoms with Crippen LogP contribution in [0.5, 0.6) is 0 Å². The maximum absolute atomic E-state index is 5.48. The minimum absolute atomic E-state index is 0.329. The molecule has 78 valence electrons. The number of aromatic nitrogens is 2. The predicted octanol–water partition coefficient (Wildman–Crippen LogP) is 0.687. The van der Waals surface area contributed by atoms with E-state index in [4.69, 9.17) is 4.74 Å². The van der Waals surface area contributed by atoms with Gasteiger partial charge in [-0.2, -0.15) is 0 Å². The van der Waals surface area contributed by atoms with Crippen molar-refractivity contribution in [1.29, 1.82) is 0 Å². The predicted molar refractivity (Wildman–Crippen MR) is 53.9 cm³/mol. The second-order valence-corrected chi connectivity index (χ2v) is 3.81. The molecule has 0 spiro atoms. The first kappa shape index (κ1) is 9.68. The van der Waals surface area contributed by atoms with Gasteiger partial charge in [0.1, 0.15) is 5.82 Å². The Kier molecular flexibility index (Phi) is 2.84. The summed E-state index contributed by atoms with van der Waals surface area (Å²) in [5.41, 5.74) is 0. The van der Waals surface area contributed by atoms with Gasteiger partial charge in [0.15, 0.2) is 0 Å². The number of imidazole rings is 1. The van der Waals surface area contributed by atoms with Crippen LogP contribution in [0.25, 0.3) is 0 Å². The topological polar surface area (TPSA) is 39.1 Å². The molecule has 2 rings (SSSR count). The van der Waals surface area contributed by atoms with Crippen LogP contribution in [0, 0.1) is 0 Å². The standard InChI is InChI=1S/C10H17N3O/c1-8-9(3-6-14-8)12-7-10-11-4-5-13(10)2/h4-5,8-9,12H,3,6-7H2,1-2H3. The molecule has 0 radical (unpaired) electrons.